The van der Waals surface area contributed by atoms with E-state index in [1.807, 2.05) is 0 Å². The third kappa shape index (κ3) is 4.87. The molecule has 4 heteroatoms. The summed E-state index contributed by atoms with van der Waals surface area (Å²) in [5.74, 6) is 1.53. The Labute approximate surface area is 146 Å². The first kappa shape index (κ1) is 18.0. The molecule has 3 aliphatic rings. The number of fused-ring (bicyclic) bond motifs is 1. The molecule has 4 atom stereocenters. The van der Waals surface area contributed by atoms with E-state index >= 15 is 0 Å². The van der Waals surface area contributed by atoms with Crippen LogP contribution in [0, 0.1) is 11.8 Å². The average Bonchev–Trinajstić information content (AvgIpc) is 3.03. The minimum absolute atomic E-state index is 0.695. The lowest BCUT2D eigenvalue weighted by atomic mass is 9.81. The molecule has 1 saturated carbocycles. The van der Waals surface area contributed by atoms with Crippen LogP contribution in [0.3, 0.4) is 0 Å². The van der Waals surface area contributed by atoms with Crippen molar-refractivity contribution in [3.8, 4) is 0 Å². The maximum atomic E-state index is 5.99. The molecule has 0 aromatic carbocycles. The van der Waals surface area contributed by atoms with Crippen LogP contribution in [0.1, 0.15) is 51.4 Å². The highest BCUT2D eigenvalue weighted by atomic mass is 32.2. The predicted molar refractivity (Wildman–Crippen MR) is 98.2 cm³/mol. The monoisotopic (exact) mass is 341 g/mol. The van der Waals surface area contributed by atoms with Gasteiger partial charge in [-0.15, -0.1) is 0 Å². The fraction of sp³-hybridized carbons (Fsp3) is 1.00. The Morgan fingerprint density at radius 3 is 2.26 bits per heavy atom. The Kier molecular flexibility index (Phi) is 7.56. The van der Waals surface area contributed by atoms with Gasteiger partial charge in [-0.3, -0.25) is 4.90 Å². The quantitative estimate of drug-likeness (QED) is 0.761. The molecule has 1 aliphatic carbocycles. The number of rotatable bonds is 2. The molecule has 0 aromatic heterocycles. The van der Waals surface area contributed by atoms with Crippen LogP contribution in [0.5, 0.6) is 0 Å². The van der Waals surface area contributed by atoms with Crippen molar-refractivity contribution >= 4 is 11.8 Å². The standard InChI is InChI=1S/C19H35NO2S/c1-23-18-9-7-5-3-2-4-6-8-16-14-22-15-17(16)19(18)20-10-12-21-13-11-20/h16-19H,2-15H2,1H3/t16-,17-,18-,19+/m1/s1. The molecule has 3 fully saturated rings. The van der Waals surface area contributed by atoms with E-state index in [9.17, 15) is 0 Å². The molecule has 134 valence electrons. The van der Waals surface area contributed by atoms with Gasteiger partial charge in [0.2, 0.25) is 0 Å². The van der Waals surface area contributed by atoms with Crippen molar-refractivity contribution in [1.82, 2.24) is 4.90 Å². The van der Waals surface area contributed by atoms with Gasteiger partial charge in [0.25, 0.3) is 0 Å². The van der Waals surface area contributed by atoms with Crippen molar-refractivity contribution in [2.24, 2.45) is 11.8 Å². The first-order valence-corrected chi connectivity index (χ1v) is 11.1. The normalized spacial score (nSPS) is 38.5. The summed E-state index contributed by atoms with van der Waals surface area (Å²) in [7, 11) is 0. The van der Waals surface area contributed by atoms with Crippen molar-refractivity contribution in [2.45, 2.75) is 62.7 Å². The fourth-order valence-electron chi connectivity index (χ4n) is 4.83. The van der Waals surface area contributed by atoms with Crippen LogP contribution in [0.25, 0.3) is 0 Å². The highest BCUT2D eigenvalue weighted by Gasteiger charge is 2.41. The summed E-state index contributed by atoms with van der Waals surface area (Å²) in [5, 5.41) is 0.765. The third-order valence-corrected chi connectivity index (χ3v) is 7.27. The number of nitrogens with zero attached hydrogens (tertiary/aromatic N) is 1. The van der Waals surface area contributed by atoms with Crippen molar-refractivity contribution in [3.05, 3.63) is 0 Å². The van der Waals surface area contributed by atoms with E-state index in [-0.39, 0.29) is 0 Å². The summed E-state index contributed by atoms with van der Waals surface area (Å²) >= 11 is 2.11. The van der Waals surface area contributed by atoms with E-state index < -0.39 is 0 Å². The SMILES string of the molecule is CS[C@@H]1CCCCCCCC[C@@H]2COC[C@H]2[C@@H]1N1CCOCC1. The molecule has 2 saturated heterocycles. The minimum atomic E-state index is 0.695. The van der Waals surface area contributed by atoms with Crippen molar-refractivity contribution in [2.75, 3.05) is 45.8 Å². The zero-order valence-corrected chi connectivity index (χ0v) is 15.7. The summed E-state index contributed by atoms with van der Waals surface area (Å²) < 4.78 is 11.6. The molecule has 2 heterocycles. The highest BCUT2D eigenvalue weighted by Crippen LogP contribution is 2.37. The van der Waals surface area contributed by atoms with E-state index in [2.05, 4.69) is 22.9 Å². The van der Waals surface area contributed by atoms with Gasteiger partial charge in [-0.05, 0) is 25.0 Å². The second-order valence-electron chi connectivity index (χ2n) is 7.57. The lowest BCUT2D eigenvalue weighted by Crippen LogP contribution is -2.53. The van der Waals surface area contributed by atoms with Crippen molar-refractivity contribution in [3.63, 3.8) is 0 Å². The molecular formula is C19H35NO2S. The van der Waals surface area contributed by atoms with Gasteiger partial charge in [-0.1, -0.05) is 38.5 Å². The van der Waals surface area contributed by atoms with E-state index in [1.165, 1.54) is 51.4 Å². The summed E-state index contributed by atoms with van der Waals surface area (Å²) in [6.07, 6.45) is 13.6. The second kappa shape index (κ2) is 9.65. The van der Waals surface area contributed by atoms with E-state index in [4.69, 9.17) is 9.47 Å². The van der Waals surface area contributed by atoms with Gasteiger partial charge >= 0.3 is 0 Å². The van der Waals surface area contributed by atoms with Gasteiger partial charge in [-0.25, -0.2) is 0 Å². The van der Waals surface area contributed by atoms with Crippen LogP contribution in [0.4, 0.5) is 0 Å². The minimum Gasteiger partial charge on any atom is -0.381 e. The molecule has 0 amide bonds. The van der Waals surface area contributed by atoms with Crippen molar-refractivity contribution < 1.29 is 9.47 Å². The van der Waals surface area contributed by atoms with Gasteiger partial charge in [-0.2, -0.15) is 11.8 Å². The summed E-state index contributed by atoms with van der Waals surface area (Å²) in [6, 6.07) is 0.695. The maximum absolute atomic E-state index is 5.99. The molecule has 2 aliphatic heterocycles. The fourth-order valence-corrected chi connectivity index (χ4v) is 5.89. The van der Waals surface area contributed by atoms with E-state index in [1.54, 1.807) is 0 Å². The Balaban J connectivity index is 1.76. The maximum Gasteiger partial charge on any atom is 0.0594 e. The number of hydrogen-bond donors (Lipinski definition) is 0. The lowest BCUT2D eigenvalue weighted by molar-refractivity contribution is -0.00438. The van der Waals surface area contributed by atoms with Crippen molar-refractivity contribution in [1.29, 1.82) is 0 Å². The van der Waals surface area contributed by atoms with Crippen LogP contribution < -0.4 is 0 Å². The summed E-state index contributed by atoms with van der Waals surface area (Å²) in [5.41, 5.74) is 0. The Hall–Kier alpha value is 0.230. The van der Waals surface area contributed by atoms with Crippen LogP contribution in [-0.4, -0.2) is 62.0 Å². The molecule has 0 spiro atoms. The van der Waals surface area contributed by atoms with Gasteiger partial charge in [0.1, 0.15) is 0 Å². The van der Waals surface area contributed by atoms with Gasteiger partial charge in [0, 0.05) is 36.9 Å². The zero-order chi connectivity index (χ0) is 15.9. The molecule has 3 nitrogen and oxygen atoms in total. The lowest BCUT2D eigenvalue weighted by Gasteiger charge is -2.43. The second-order valence-corrected chi connectivity index (χ2v) is 8.65. The summed E-state index contributed by atoms with van der Waals surface area (Å²) in [6.45, 7) is 6.05. The van der Waals surface area contributed by atoms with E-state index in [0.29, 0.717) is 6.04 Å². The van der Waals surface area contributed by atoms with E-state index in [0.717, 1.165) is 56.6 Å². The number of thioether (sulfide) groups is 1. The molecule has 3 rings (SSSR count). The predicted octanol–water partition coefficient (Wildman–Crippen LogP) is 3.82. The number of hydrogen-bond acceptors (Lipinski definition) is 4. The van der Waals surface area contributed by atoms with Gasteiger partial charge < -0.3 is 9.47 Å². The number of ether oxygens (including phenoxy) is 2. The van der Waals surface area contributed by atoms with Crippen LogP contribution in [0.2, 0.25) is 0 Å². The zero-order valence-electron chi connectivity index (χ0n) is 14.9. The van der Waals surface area contributed by atoms with Crippen LogP contribution in [-0.2, 0) is 9.47 Å². The van der Waals surface area contributed by atoms with Gasteiger partial charge in [0.15, 0.2) is 0 Å². The average molecular weight is 342 g/mol. The van der Waals surface area contributed by atoms with Crippen LogP contribution in [0.15, 0.2) is 0 Å². The topological polar surface area (TPSA) is 21.7 Å². The molecule has 0 unspecified atom stereocenters. The highest BCUT2D eigenvalue weighted by molar-refractivity contribution is 7.99. The first-order chi connectivity index (χ1) is 11.4. The molecule has 0 aromatic rings. The third-order valence-electron chi connectivity index (χ3n) is 6.15. The Bertz CT molecular complexity index is 335. The smallest absolute Gasteiger partial charge is 0.0594 e. The number of morpholine rings is 1. The molecule has 0 radical (unpaired) electrons. The summed E-state index contributed by atoms with van der Waals surface area (Å²) in [4.78, 5) is 2.75. The molecule has 0 bridgehead atoms. The molecular weight excluding hydrogens is 306 g/mol. The van der Waals surface area contributed by atoms with Crippen LogP contribution >= 0.6 is 11.8 Å². The van der Waals surface area contributed by atoms with Gasteiger partial charge in [0.05, 0.1) is 19.8 Å². The Morgan fingerprint density at radius 1 is 0.826 bits per heavy atom. The largest absolute Gasteiger partial charge is 0.381 e. The first-order valence-electron chi connectivity index (χ1n) is 9.82. The molecule has 23 heavy (non-hydrogen) atoms. The Morgan fingerprint density at radius 2 is 1.52 bits per heavy atom. The molecule has 0 N–H and O–H groups in total.